The number of hydrogen-bond acceptors (Lipinski definition) is 3. The van der Waals surface area contributed by atoms with Crippen LogP contribution in [0.3, 0.4) is 0 Å². The lowest BCUT2D eigenvalue weighted by molar-refractivity contribution is -0.121. The van der Waals surface area contributed by atoms with Gasteiger partial charge in [0.1, 0.15) is 0 Å². The fourth-order valence-corrected chi connectivity index (χ4v) is 1.67. The Balaban J connectivity index is 3.28. The second-order valence-electron chi connectivity index (χ2n) is 4.52. The molecule has 0 spiro atoms. The van der Waals surface area contributed by atoms with E-state index in [-0.39, 0.29) is 11.9 Å². The maximum atomic E-state index is 11.4. The zero-order valence-corrected chi connectivity index (χ0v) is 11.3. The fourth-order valence-electron chi connectivity index (χ4n) is 1.67. The van der Waals surface area contributed by atoms with E-state index in [1.807, 2.05) is 0 Å². The SMILES string of the molecule is CCCCCCCC(=O)NCCC(N)COC. The highest BCUT2D eigenvalue weighted by Gasteiger charge is 2.04. The number of methoxy groups -OCH3 is 1. The highest BCUT2D eigenvalue weighted by Crippen LogP contribution is 2.04. The smallest absolute Gasteiger partial charge is 0.219 e. The normalized spacial score (nSPS) is 12.4. The van der Waals surface area contributed by atoms with Crippen LogP contribution in [-0.2, 0) is 9.53 Å². The quantitative estimate of drug-likeness (QED) is 0.545. The minimum atomic E-state index is 0.0184. The van der Waals surface area contributed by atoms with Crippen LogP contribution < -0.4 is 11.1 Å². The van der Waals surface area contributed by atoms with Gasteiger partial charge in [-0.15, -0.1) is 0 Å². The summed E-state index contributed by atoms with van der Waals surface area (Å²) in [5.41, 5.74) is 5.75. The summed E-state index contributed by atoms with van der Waals surface area (Å²) in [5, 5.41) is 2.89. The standard InChI is InChI=1S/C13H28N2O2/c1-3-4-5-6-7-8-13(16)15-10-9-12(14)11-17-2/h12H,3-11,14H2,1-2H3,(H,15,16). The molecule has 4 heteroatoms. The van der Waals surface area contributed by atoms with Crippen LogP contribution >= 0.6 is 0 Å². The maximum absolute atomic E-state index is 11.4. The summed E-state index contributed by atoms with van der Waals surface area (Å²) in [6.45, 7) is 3.39. The lowest BCUT2D eigenvalue weighted by Crippen LogP contribution is -2.32. The summed E-state index contributed by atoms with van der Waals surface area (Å²) in [4.78, 5) is 11.4. The molecule has 0 aromatic heterocycles. The van der Waals surface area contributed by atoms with Crippen molar-refractivity contribution in [2.75, 3.05) is 20.3 Å². The largest absolute Gasteiger partial charge is 0.383 e. The summed E-state index contributed by atoms with van der Waals surface area (Å²) in [7, 11) is 1.63. The van der Waals surface area contributed by atoms with Gasteiger partial charge in [0, 0.05) is 26.1 Å². The average Bonchev–Trinajstić information content (AvgIpc) is 2.29. The number of unbranched alkanes of at least 4 members (excludes halogenated alkanes) is 4. The summed E-state index contributed by atoms with van der Waals surface area (Å²) in [6.07, 6.45) is 7.32. The highest BCUT2D eigenvalue weighted by molar-refractivity contribution is 5.75. The van der Waals surface area contributed by atoms with E-state index in [0.29, 0.717) is 19.6 Å². The van der Waals surface area contributed by atoms with Gasteiger partial charge in [-0.05, 0) is 12.8 Å². The molecule has 0 aromatic carbocycles. The molecule has 0 aliphatic carbocycles. The van der Waals surface area contributed by atoms with Gasteiger partial charge in [-0.3, -0.25) is 4.79 Å². The van der Waals surface area contributed by atoms with Gasteiger partial charge in [0.15, 0.2) is 0 Å². The van der Waals surface area contributed by atoms with Gasteiger partial charge in [0.05, 0.1) is 6.61 Å². The van der Waals surface area contributed by atoms with Crippen LogP contribution in [0.5, 0.6) is 0 Å². The van der Waals surface area contributed by atoms with Crippen LogP contribution in [0.15, 0.2) is 0 Å². The lowest BCUT2D eigenvalue weighted by atomic mass is 10.1. The van der Waals surface area contributed by atoms with E-state index in [0.717, 1.165) is 19.3 Å². The summed E-state index contributed by atoms with van der Waals surface area (Å²) >= 11 is 0. The van der Waals surface area contributed by atoms with Gasteiger partial charge >= 0.3 is 0 Å². The van der Waals surface area contributed by atoms with Crippen molar-refractivity contribution < 1.29 is 9.53 Å². The second kappa shape index (κ2) is 11.9. The molecule has 3 N–H and O–H groups in total. The van der Waals surface area contributed by atoms with Crippen LogP contribution in [-0.4, -0.2) is 32.2 Å². The minimum Gasteiger partial charge on any atom is -0.383 e. The van der Waals surface area contributed by atoms with Crippen molar-refractivity contribution in [3.63, 3.8) is 0 Å². The first kappa shape index (κ1) is 16.4. The molecule has 1 unspecified atom stereocenters. The first-order valence-electron chi connectivity index (χ1n) is 6.72. The van der Waals surface area contributed by atoms with E-state index in [2.05, 4.69) is 12.2 Å². The number of carbonyl (C=O) groups excluding carboxylic acids is 1. The first-order chi connectivity index (χ1) is 8.20. The Morgan fingerprint density at radius 2 is 2.00 bits per heavy atom. The minimum absolute atomic E-state index is 0.0184. The molecule has 0 saturated carbocycles. The number of ether oxygens (including phenoxy) is 1. The van der Waals surface area contributed by atoms with E-state index in [4.69, 9.17) is 10.5 Å². The zero-order valence-electron chi connectivity index (χ0n) is 11.3. The molecule has 0 radical (unpaired) electrons. The molecular weight excluding hydrogens is 216 g/mol. The van der Waals surface area contributed by atoms with Crippen molar-refractivity contribution in [3.05, 3.63) is 0 Å². The van der Waals surface area contributed by atoms with E-state index in [9.17, 15) is 4.79 Å². The topological polar surface area (TPSA) is 64.4 Å². The van der Waals surface area contributed by atoms with E-state index in [1.165, 1.54) is 19.3 Å². The Kier molecular flexibility index (Phi) is 11.4. The lowest BCUT2D eigenvalue weighted by Gasteiger charge is -2.10. The van der Waals surface area contributed by atoms with Gasteiger partial charge in [0.2, 0.25) is 5.91 Å². The number of rotatable bonds is 11. The summed E-state index contributed by atoms with van der Waals surface area (Å²) in [6, 6.07) is 0.0184. The molecule has 0 fully saturated rings. The van der Waals surface area contributed by atoms with Crippen molar-refractivity contribution in [2.45, 2.75) is 57.9 Å². The van der Waals surface area contributed by atoms with E-state index < -0.39 is 0 Å². The van der Waals surface area contributed by atoms with Crippen molar-refractivity contribution >= 4 is 5.91 Å². The third-order valence-electron chi connectivity index (χ3n) is 2.73. The molecule has 0 saturated heterocycles. The molecule has 17 heavy (non-hydrogen) atoms. The zero-order chi connectivity index (χ0) is 12.9. The average molecular weight is 244 g/mol. The van der Waals surface area contributed by atoms with Crippen LogP contribution in [0.25, 0.3) is 0 Å². The number of nitrogens with one attached hydrogen (secondary N) is 1. The highest BCUT2D eigenvalue weighted by atomic mass is 16.5. The van der Waals surface area contributed by atoms with Crippen molar-refractivity contribution in [3.8, 4) is 0 Å². The van der Waals surface area contributed by atoms with Crippen LogP contribution in [0, 0.1) is 0 Å². The van der Waals surface area contributed by atoms with Crippen LogP contribution in [0.1, 0.15) is 51.9 Å². The third-order valence-corrected chi connectivity index (χ3v) is 2.73. The second-order valence-corrected chi connectivity index (χ2v) is 4.52. The van der Waals surface area contributed by atoms with E-state index >= 15 is 0 Å². The van der Waals surface area contributed by atoms with Crippen molar-refractivity contribution in [1.29, 1.82) is 0 Å². The third kappa shape index (κ3) is 11.6. The summed E-state index contributed by atoms with van der Waals surface area (Å²) in [5.74, 6) is 0.145. The summed E-state index contributed by atoms with van der Waals surface area (Å²) < 4.78 is 4.93. The molecular formula is C13H28N2O2. The van der Waals surface area contributed by atoms with Crippen LogP contribution in [0.2, 0.25) is 0 Å². The van der Waals surface area contributed by atoms with Gasteiger partial charge in [-0.25, -0.2) is 0 Å². The number of hydrogen-bond donors (Lipinski definition) is 2. The predicted octanol–water partition coefficient (Wildman–Crippen LogP) is 1.83. The molecule has 0 rings (SSSR count). The molecule has 0 heterocycles. The number of amides is 1. The van der Waals surface area contributed by atoms with Gasteiger partial charge < -0.3 is 15.8 Å². The number of carbonyl (C=O) groups is 1. The Morgan fingerprint density at radius 3 is 2.65 bits per heavy atom. The molecule has 1 atom stereocenters. The molecule has 0 bridgehead atoms. The molecule has 1 amide bonds. The first-order valence-corrected chi connectivity index (χ1v) is 6.72. The Hall–Kier alpha value is -0.610. The van der Waals surface area contributed by atoms with Crippen molar-refractivity contribution in [1.82, 2.24) is 5.32 Å². The van der Waals surface area contributed by atoms with Gasteiger partial charge in [0.25, 0.3) is 0 Å². The van der Waals surface area contributed by atoms with Crippen molar-refractivity contribution in [2.24, 2.45) is 5.73 Å². The fraction of sp³-hybridized carbons (Fsp3) is 0.923. The monoisotopic (exact) mass is 244 g/mol. The Bertz CT molecular complexity index is 186. The van der Waals surface area contributed by atoms with Crippen LogP contribution in [0.4, 0.5) is 0 Å². The van der Waals surface area contributed by atoms with E-state index in [1.54, 1.807) is 7.11 Å². The Morgan fingerprint density at radius 1 is 1.29 bits per heavy atom. The molecule has 0 aliphatic heterocycles. The molecule has 4 nitrogen and oxygen atoms in total. The maximum Gasteiger partial charge on any atom is 0.219 e. The molecule has 0 aromatic rings. The molecule has 102 valence electrons. The predicted molar refractivity (Wildman–Crippen MR) is 70.9 cm³/mol. The Labute approximate surface area is 105 Å². The van der Waals surface area contributed by atoms with Gasteiger partial charge in [-0.2, -0.15) is 0 Å². The van der Waals surface area contributed by atoms with Gasteiger partial charge in [-0.1, -0.05) is 32.6 Å². The number of nitrogens with two attached hydrogens (primary N) is 1. The molecule has 0 aliphatic rings.